The van der Waals surface area contributed by atoms with Gasteiger partial charge in [0.05, 0.1) is 0 Å². The van der Waals surface area contributed by atoms with Crippen molar-refractivity contribution in [2.75, 3.05) is 29.1 Å². The van der Waals surface area contributed by atoms with Crippen LogP contribution in [-0.2, 0) is 0 Å². The van der Waals surface area contributed by atoms with E-state index in [2.05, 4.69) is 53.3 Å². The lowest BCUT2D eigenvalue weighted by molar-refractivity contribution is 1.08. The molecule has 7 heteroatoms. The fourth-order valence-electron chi connectivity index (χ4n) is 2.45. The molecule has 0 saturated heterocycles. The van der Waals surface area contributed by atoms with Crippen LogP contribution in [0.15, 0.2) is 0 Å². The largest absolute Gasteiger partial charge is 0.388 e. The molecule has 1 heterocycles. The predicted octanol–water partition coefficient (Wildman–Crippen LogP) is 2.05. The van der Waals surface area contributed by atoms with Crippen LogP contribution in [-0.4, -0.2) is 22.0 Å². The Balaban J connectivity index is 2.54. The van der Waals surface area contributed by atoms with Crippen LogP contribution >= 0.6 is 0 Å². The smallest absolute Gasteiger partial charge is 0.233 e. The van der Waals surface area contributed by atoms with Gasteiger partial charge in [0.2, 0.25) is 17.8 Å². The van der Waals surface area contributed by atoms with Gasteiger partial charge in [-0.25, -0.2) is 0 Å². The zero-order valence-electron chi connectivity index (χ0n) is 13.0. The highest BCUT2D eigenvalue weighted by Crippen LogP contribution is 2.34. The zero-order chi connectivity index (χ0) is 15.7. The molecule has 0 atom stereocenters. The van der Waals surface area contributed by atoms with Crippen molar-refractivity contribution in [3.05, 3.63) is 22.3 Å². The van der Waals surface area contributed by atoms with E-state index in [1.54, 1.807) is 0 Å². The fourth-order valence-corrected chi connectivity index (χ4v) is 2.45. The molecule has 0 spiro atoms. The van der Waals surface area contributed by atoms with Crippen molar-refractivity contribution in [3.8, 4) is 0 Å². The monoisotopic (exact) mass is 287 g/mol. The summed E-state index contributed by atoms with van der Waals surface area (Å²) in [7, 11) is 1.93. The van der Waals surface area contributed by atoms with E-state index in [-0.39, 0.29) is 11.9 Å². The first kappa shape index (κ1) is 14.8. The molecule has 6 N–H and O–H groups in total. The second-order valence-corrected chi connectivity index (χ2v) is 5.00. The Bertz CT molecular complexity index is 645. The van der Waals surface area contributed by atoms with Gasteiger partial charge in [0, 0.05) is 18.4 Å². The van der Waals surface area contributed by atoms with Gasteiger partial charge in [-0.3, -0.25) is 0 Å². The van der Waals surface area contributed by atoms with Crippen LogP contribution in [0.25, 0.3) is 0 Å². The number of aromatic nitrogens is 3. The van der Waals surface area contributed by atoms with E-state index < -0.39 is 0 Å². The zero-order valence-corrected chi connectivity index (χ0v) is 13.0. The average Bonchev–Trinajstić information content (AvgIpc) is 2.41. The summed E-state index contributed by atoms with van der Waals surface area (Å²) >= 11 is 0. The molecule has 2 aromatic rings. The van der Waals surface area contributed by atoms with Gasteiger partial charge >= 0.3 is 0 Å². The molecule has 21 heavy (non-hydrogen) atoms. The molecule has 0 amide bonds. The van der Waals surface area contributed by atoms with Crippen LogP contribution in [0.2, 0.25) is 0 Å². The van der Waals surface area contributed by atoms with Crippen molar-refractivity contribution in [1.82, 2.24) is 15.0 Å². The molecule has 0 aliphatic heterocycles. The Kier molecular flexibility index (Phi) is 3.84. The summed E-state index contributed by atoms with van der Waals surface area (Å²) in [5.41, 5.74) is 17.9. The number of nitrogens with zero attached hydrogens (tertiary/aromatic N) is 3. The number of rotatable bonds is 3. The Labute approximate surface area is 124 Å². The molecule has 112 valence electrons. The molecule has 2 rings (SSSR count). The average molecular weight is 287 g/mol. The molecular formula is C14H21N7. The van der Waals surface area contributed by atoms with Gasteiger partial charge in [0.1, 0.15) is 0 Å². The molecule has 0 bridgehead atoms. The molecule has 0 unspecified atom stereocenters. The first-order valence-electron chi connectivity index (χ1n) is 6.67. The topological polar surface area (TPSA) is 115 Å². The lowest BCUT2D eigenvalue weighted by atomic mass is 9.96. The number of hydrogen-bond acceptors (Lipinski definition) is 7. The van der Waals surface area contributed by atoms with Gasteiger partial charge in [-0.2, -0.15) is 15.0 Å². The molecule has 0 fully saturated rings. The number of nitrogen functional groups attached to an aromatic ring is 2. The molecule has 0 aliphatic carbocycles. The van der Waals surface area contributed by atoms with Crippen LogP contribution in [0, 0.1) is 27.7 Å². The second-order valence-electron chi connectivity index (χ2n) is 5.00. The number of nitrogens with one attached hydrogen (secondary N) is 2. The van der Waals surface area contributed by atoms with Crippen molar-refractivity contribution >= 4 is 29.2 Å². The minimum absolute atomic E-state index is 0.0978. The molecule has 0 radical (unpaired) electrons. The van der Waals surface area contributed by atoms with Gasteiger partial charge in [0.15, 0.2) is 0 Å². The Morgan fingerprint density at radius 1 is 0.714 bits per heavy atom. The summed E-state index contributed by atoms with van der Waals surface area (Å²) < 4.78 is 0. The number of hydrogen-bond donors (Lipinski definition) is 4. The Morgan fingerprint density at radius 2 is 1.14 bits per heavy atom. The maximum Gasteiger partial charge on any atom is 0.233 e. The third-order valence-corrected chi connectivity index (χ3v) is 3.78. The van der Waals surface area contributed by atoms with E-state index in [1.165, 1.54) is 11.1 Å². The van der Waals surface area contributed by atoms with E-state index >= 15 is 0 Å². The maximum absolute atomic E-state index is 5.60. The van der Waals surface area contributed by atoms with Crippen molar-refractivity contribution < 1.29 is 0 Å². The highest BCUT2D eigenvalue weighted by atomic mass is 15.2. The Morgan fingerprint density at radius 3 is 1.57 bits per heavy atom. The summed E-state index contributed by atoms with van der Waals surface area (Å²) in [5, 5.41) is 6.45. The lowest BCUT2D eigenvalue weighted by Crippen LogP contribution is -2.09. The van der Waals surface area contributed by atoms with Gasteiger partial charge < -0.3 is 22.1 Å². The molecule has 1 aromatic carbocycles. The van der Waals surface area contributed by atoms with Crippen molar-refractivity contribution in [2.45, 2.75) is 27.7 Å². The third kappa shape index (κ3) is 2.67. The number of anilines is 5. The van der Waals surface area contributed by atoms with Crippen LogP contribution in [0.3, 0.4) is 0 Å². The third-order valence-electron chi connectivity index (χ3n) is 3.78. The van der Waals surface area contributed by atoms with Crippen LogP contribution in [0.5, 0.6) is 0 Å². The summed E-state index contributed by atoms with van der Waals surface area (Å²) in [4.78, 5) is 11.9. The first-order valence-corrected chi connectivity index (χ1v) is 6.67. The van der Waals surface area contributed by atoms with Gasteiger partial charge in [-0.1, -0.05) is 0 Å². The normalized spacial score (nSPS) is 10.5. The molecule has 0 aliphatic rings. The van der Waals surface area contributed by atoms with Crippen molar-refractivity contribution in [2.24, 2.45) is 0 Å². The predicted molar refractivity (Wildman–Crippen MR) is 86.9 cm³/mol. The highest BCUT2D eigenvalue weighted by Gasteiger charge is 2.15. The first-order chi connectivity index (χ1) is 9.85. The fraction of sp³-hybridized carbons (Fsp3) is 0.357. The van der Waals surface area contributed by atoms with E-state index in [1.807, 2.05) is 7.05 Å². The summed E-state index contributed by atoms with van der Waals surface area (Å²) in [6.45, 7) is 8.27. The number of benzene rings is 1. The SMILES string of the molecule is CNc1c(C)c(C)c(Nc2nc(N)nc(N)n2)c(C)c1C. The second kappa shape index (κ2) is 5.43. The van der Waals surface area contributed by atoms with Crippen molar-refractivity contribution in [3.63, 3.8) is 0 Å². The van der Waals surface area contributed by atoms with Crippen molar-refractivity contribution in [1.29, 1.82) is 0 Å². The molecule has 0 saturated carbocycles. The molecule has 7 nitrogen and oxygen atoms in total. The maximum atomic E-state index is 5.60. The van der Waals surface area contributed by atoms with E-state index in [9.17, 15) is 0 Å². The van der Waals surface area contributed by atoms with Crippen LogP contribution < -0.4 is 22.1 Å². The Hall–Kier alpha value is -2.57. The van der Waals surface area contributed by atoms with Gasteiger partial charge in [0.25, 0.3) is 0 Å². The van der Waals surface area contributed by atoms with Gasteiger partial charge in [-0.05, 0) is 49.9 Å². The van der Waals surface area contributed by atoms with Gasteiger partial charge in [-0.15, -0.1) is 0 Å². The summed E-state index contributed by atoms with van der Waals surface area (Å²) in [6, 6.07) is 0. The minimum Gasteiger partial charge on any atom is -0.388 e. The standard InChI is InChI=1S/C14H21N7/c1-6-8(3)11(9(4)7(2)10(6)17-5)18-14-20-12(15)19-13(16)21-14/h17H,1-5H3,(H5,15,16,18,19,20,21). The van der Waals surface area contributed by atoms with E-state index in [4.69, 9.17) is 11.5 Å². The number of nitrogens with two attached hydrogens (primary N) is 2. The van der Waals surface area contributed by atoms with E-state index in [0.717, 1.165) is 22.5 Å². The summed E-state index contributed by atoms with van der Waals surface area (Å²) in [5.74, 6) is 0.545. The molecular weight excluding hydrogens is 266 g/mol. The quantitative estimate of drug-likeness (QED) is 0.683. The van der Waals surface area contributed by atoms with Crippen LogP contribution in [0.1, 0.15) is 22.3 Å². The highest BCUT2D eigenvalue weighted by molar-refractivity contribution is 5.75. The summed E-state index contributed by atoms with van der Waals surface area (Å²) in [6.07, 6.45) is 0. The van der Waals surface area contributed by atoms with Crippen LogP contribution in [0.4, 0.5) is 29.2 Å². The minimum atomic E-state index is 0.0978. The van der Waals surface area contributed by atoms with E-state index in [0.29, 0.717) is 5.95 Å². The molecule has 1 aromatic heterocycles. The lowest BCUT2D eigenvalue weighted by Gasteiger charge is -2.20.